The molecule has 0 radical (unpaired) electrons. The molecular formula is C40H46ClN5O9S. The quantitative estimate of drug-likeness (QED) is 0.00961. The normalized spacial score (nSPS) is 12.6. The van der Waals surface area contributed by atoms with Crippen LogP contribution in [-0.2, 0) is 19.1 Å². The van der Waals surface area contributed by atoms with Crippen molar-refractivity contribution >= 4 is 59.0 Å². The van der Waals surface area contributed by atoms with Gasteiger partial charge in [0.15, 0.2) is 0 Å². The van der Waals surface area contributed by atoms with Crippen molar-refractivity contribution in [2.45, 2.75) is 93.2 Å². The number of hydrogen-bond acceptors (Lipinski definition) is 12. The molecule has 2 unspecified atom stereocenters. The third-order valence-electron chi connectivity index (χ3n) is 8.63. The van der Waals surface area contributed by atoms with Gasteiger partial charge in [-0.3, -0.25) is 9.59 Å². The molecule has 4 aromatic rings. The number of nitrogens with zero attached hydrogens (tertiary/aromatic N) is 4. The van der Waals surface area contributed by atoms with Gasteiger partial charge >= 0.3 is 11.9 Å². The number of halogens is 1. The van der Waals surface area contributed by atoms with Crippen molar-refractivity contribution in [3.63, 3.8) is 0 Å². The zero-order chi connectivity index (χ0) is 40.3. The average Bonchev–Trinajstić information content (AvgIpc) is 3.67. The van der Waals surface area contributed by atoms with Gasteiger partial charge in [0.25, 0.3) is 5.91 Å². The van der Waals surface area contributed by atoms with Crippen LogP contribution in [0.2, 0.25) is 0 Å². The fourth-order valence-electron chi connectivity index (χ4n) is 5.58. The standard InChI is InChI=1S/C40H46ClN5O9S/c1-3-4-5-6-7-8-9-10-11-12-25-54-34(23-24-47)55-37(51)30-16-13-17-31(26-30)42-38(52)40(41,35(48)28-19-21-33(53-2)22-20-28)56-39-43-44-45-46(39)32-18-14-15-29(27-32)36(49)50/h13-22,24,26-27,34H,3-12,23,25H2,1-2H3,(H,42,52)(H,49,50). The topological polar surface area (TPSA) is 189 Å². The van der Waals surface area contributed by atoms with Crippen molar-refractivity contribution in [3.8, 4) is 11.4 Å². The average molecular weight is 808 g/mol. The van der Waals surface area contributed by atoms with Crippen molar-refractivity contribution in [1.29, 1.82) is 0 Å². The van der Waals surface area contributed by atoms with Crippen molar-refractivity contribution in [3.05, 3.63) is 89.5 Å². The number of aromatic carboxylic acids is 1. The van der Waals surface area contributed by atoms with Gasteiger partial charge in [0, 0.05) is 11.3 Å². The Hall–Kier alpha value is -5.12. The minimum atomic E-state index is -2.43. The molecule has 1 amide bonds. The molecule has 0 aliphatic heterocycles. The third-order valence-corrected chi connectivity index (χ3v) is 10.3. The molecule has 56 heavy (non-hydrogen) atoms. The Morgan fingerprint density at radius 1 is 0.893 bits per heavy atom. The summed E-state index contributed by atoms with van der Waals surface area (Å²) >= 11 is 7.51. The molecule has 2 atom stereocenters. The van der Waals surface area contributed by atoms with E-state index in [0.717, 1.165) is 30.4 Å². The zero-order valence-electron chi connectivity index (χ0n) is 31.4. The lowest BCUT2D eigenvalue weighted by molar-refractivity contribution is -0.130. The number of ether oxygens (including phenoxy) is 3. The number of nitrogens with one attached hydrogen (secondary N) is 1. The molecule has 2 N–H and O–H groups in total. The maximum absolute atomic E-state index is 14.1. The summed E-state index contributed by atoms with van der Waals surface area (Å²) in [6.45, 7) is 2.53. The number of benzene rings is 3. The third kappa shape index (κ3) is 12.7. The fourth-order valence-corrected chi connectivity index (χ4v) is 6.86. The Balaban J connectivity index is 1.45. The van der Waals surface area contributed by atoms with Crippen molar-refractivity contribution in [2.24, 2.45) is 0 Å². The lowest BCUT2D eigenvalue weighted by Crippen LogP contribution is -2.42. The van der Waals surface area contributed by atoms with Crippen LogP contribution in [0.25, 0.3) is 5.69 Å². The monoisotopic (exact) mass is 807 g/mol. The molecule has 1 heterocycles. The SMILES string of the molecule is CCCCCCCCCCCCOC(CC=O)OC(=O)c1cccc(NC(=O)C(Cl)(Sc2nnnn2-c2cccc(C(=O)O)c2)C(=O)c2ccc(OC)cc2)c1. The largest absolute Gasteiger partial charge is 0.497 e. The highest BCUT2D eigenvalue weighted by Gasteiger charge is 2.47. The maximum atomic E-state index is 14.1. The minimum Gasteiger partial charge on any atom is -0.497 e. The van der Waals surface area contributed by atoms with Gasteiger partial charge in [0.1, 0.15) is 12.0 Å². The van der Waals surface area contributed by atoms with Crippen LogP contribution in [-0.4, -0.2) is 79.4 Å². The van der Waals surface area contributed by atoms with Crippen LogP contribution >= 0.6 is 23.4 Å². The van der Waals surface area contributed by atoms with Crippen LogP contribution in [0.1, 0.15) is 109 Å². The van der Waals surface area contributed by atoms with Gasteiger partial charge in [0.2, 0.25) is 21.4 Å². The summed E-state index contributed by atoms with van der Waals surface area (Å²) in [6.07, 6.45) is 10.9. The summed E-state index contributed by atoms with van der Waals surface area (Å²) in [7, 11) is 1.46. The van der Waals surface area contributed by atoms with Crippen LogP contribution in [0.15, 0.2) is 78.0 Å². The van der Waals surface area contributed by atoms with Gasteiger partial charge in [-0.05, 0) is 89.3 Å². The number of esters is 1. The lowest BCUT2D eigenvalue weighted by Gasteiger charge is -2.24. The number of carbonyl (C=O) groups is 5. The van der Waals surface area contributed by atoms with Crippen molar-refractivity contribution in [2.75, 3.05) is 19.0 Å². The molecule has 0 fully saturated rings. The van der Waals surface area contributed by atoms with Gasteiger partial charge in [-0.15, -0.1) is 5.10 Å². The van der Waals surface area contributed by atoms with Crippen molar-refractivity contribution < 1.29 is 43.3 Å². The van der Waals surface area contributed by atoms with Gasteiger partial charge in [-0.1, -0.05) is 88.4 Å². The van der Waals surface area contributed by atoms with Crippen LogP contribution in [0.4, 0.5) is 5.69 Å². The van der Waals surface area contributed by atoms with Crippen molar-refractivity contribution in [1.82, 2.24) is 20.2 Å². The lowest BCUT2D eigenvalue weighted by atomic mass is 10.1. The molecule has 0 aliphatic carbocycles. The number of aldehydes is 1. The number of Topliss-reactive ketones (excluding diaryl/α,β-unsaturated/α-hetero) is 1. The minimum absolute atomic E-state index is 0.0396. The summed E-state index contributed by atoms with van der Waals surface area (Å²) in [6, 6.07) is 17.5. The Morgan fingerprint density at radius 3 is 2.21 bits per heavy atom. The molecule has 0 bridgehead atoms. The van der Waals surface area contributed by atoms with Gasteiger partial charge in [-0.25, -0.2) is 9.59 Å². The Labute approximate surface area is 334 Å². The molecule has 0 spiro atoms. The number of anilines is 1. The Bertz CT molecular complexity index is 1930. The molecule has 298 valence electrons. The van der Waals surface area contributed by atoms with Gasteiger partial charge in [0.05, 0.1) is 37.0 Å². The van der Waals surface area contributed by atoms with Gasteiger partial charge in [-0.2, -0.15) is 4.68 Å². The molecule has 14 nitrogen and oxygen atoms in total. The highest BCUT2D eigenvalue weighted by atomic mass is 35.5. The van der Waals surface area contributed by atoms with E-state index in [1.807, 2.05) is 0 Å². The number of thioether (sulfide) groups is 1. The second-order valence-electron chi connectivity index (χ2n) is 12.8. The van der Waals surface area contributed by atoms with E-state index >= 15 is 0 Å². The highest BCUT2D eigenvalue weighted by Crippen LogP contribution is 2.40. The van der Waals surface area contributed by atoms with Crippen LogP contribution in [0.3, 0.4) is 0 Å². The predicted octanol–water partition coefficient (Wildman–Crippen LogP) is 7.93. The van der Waals surface area contributed by atoms with Gasteiger partial charge < -0.3 is 29.4 Å². The zero-order valence-corrected chi connectivity index (χ0v) is 32.9. The first-order chi connectivity index (χ1) is 27.1. The number of hydrogen-bond donors (Lipinski definition) is 2. The Kier molecular flexibility index (Phi) is 17.5. The number of carbonyl (C=O) groups excluding carboxylic acids is 4. The first-order valence-corrected chi connectivity index (χ1v) is 19.7. The fraction of sp³-hybridized carbons (Fsp3) is 0.400. The summed E-state index contributed by atoms with van der Waals surface area (Å²) in [5, 5.41) is 23.6. The number of ketones is 1. The van der Waals surface area contributed by atoms with E-state index in [1.165, 1.54) is 112 Å². The number of alkyl halides is 1. The predicted molar refractivity (Wildman–Crippen MR) is 211 cm³/mol. The summed E-state index contributed by atoms with van der Waals surface area (Å²) < 4.78 is 15.1. The first-order valence-electron chi connectivity index (χ1n) is 18.5. The second-order valence-corrected chi connectivity index (χ2v) is 14.8. The molecule has 4 rings (SSSR count). The molecule has 0 aliphatic rings. The maximum Gasteiger partial charge on any atom is 0.340 e. The van der Waals surface area contributed by atoms with E-state index < -0.39 is 34.1 Å². The smallest absolute Gasteiger partial charge is 0.340 e. The van der Waals surface area contributed by atoms with E-state index in [4.69, 9.17) is 25.8 Å². The highest BCUT2D eigenvalue weighted by molar-refractivity contribution is 8.03. The Morgan fingerprint density at radius 2 is 1.55 bits per heavy atom. The van der Waals surface area contributed by atoms with E-state index in [-0.39, 0.29) is 39.6 Å². The molecule has 0 saturated carbocycles. The number of rotatable bonds is 25. The van der Waals surface area contributed by atoms with E-state index in [9.17, 15) is 29.1 Å². The van der Waals surface area contributed by atoms with Crippen LogP contribution < -0.4 is 10.1 Å². The number of unbranched alkanes of at least 4 members (excludes halogenated alkanes) is 9. The summed E-state index contributed by atoms with van der Waals surface area (Å²) in [5.74, 6) is -3.34. The van der Waals surface area contributed by atoms with E-state index in [1.54, 1.807) is 6.07 Å². The number of aromatic nitrogens is 4. The van der Waals surface area contributed by atoms with Crippen LogP contribution in [0, 0.1) is 0 Å². The number of methoxy groups -OCH3 is 1. The molecular weight excluding hydrogens is 762 g/mol. The summed E-state index contributed by atoms with van der Waals surface area (Å²) in [5.41, 5.74) is 0.393. The number of carboxylic acids is 1. The summed E-state index contributed by atoms with van der Waals surface area (Å²) in [4.78, 5) is 64.3. The van der Waals surface area contributed by atoms with E-state index in [0.29, 0.717) is 30.4 Å². The van der Waals surface area contributed by atoms with E-state index in [2.05, 4.69) is 27.8 Å². The molecule has 1 aromatic heterocycles. The molecule has 0 saturated heterocycles. The number of amides is 1. The second kappa shape index (κ2) is 22.4. The number of tetrazole rings is 1. The van der Waals surface area contributed by atoms with Crippen LogP contribution in [0.5, 0.6) is 5.75 Å². The first kappa shape index (κ1) is 43.6. The molecule has 3 aromatic carbocycles. The number of carboxylic acid groups (broad SMARTS) is 1. The molecule has 16 heteroatoms.